The summed E-state index contributed by atoms with van der Waals surface area (Å²) in [5.74, 6) is -0.704. The maximum Gasteiger partial charge on any atom is 1.00 e. The molecule has 0 radical (unpaired) electrons. The minimum Gasteiger partial charge on any atom is -0.691 e. The van der Waals surface area contributed by atoms with Gasteiger partial charge in [-0.05, 0) is 48.2 Å². The Morgan fingerprint density at radius 3 is 2.50 bits per heavy atom. The van der Waals surface area contributed by atoms with Gasteiger partial charge in [-0.1, -0.05) is 17.7 Å². The smallest absolute Gasteiger partial charge is 0.691 e. The largest absolute Gasteiger partial charge is 1.00 e. The van der Waals surface area contributed by atoms with E-state index in [0.717, 1.165) is 5.56 Å². The predicted octanol–water partition coefficient (Wildman–Crippen LogP) is 1.57. The number of halogens is 1. The van der Waals surface area contributed by atoms with E-state index in [4.69, 9.17) is 11.6 Å². The number of benzene rings is 3. The molecule has 140 valence electrons. The Kier molecular flexibility index (Phi) is 7.93. The second-order valence-electron chi connectivity index (χ2n) is 5.51. The molecule has 0 unspecified atom stereocenters. The standard InChI is InChI=1S/C17H13ClN2O6S.Na/c1-8-4-9-6-14(27-26-25-24)16(17(23)15(9)13(22)5-8)20-19-11-7-10(18)2-3-12(11)21;/h2-7,21-24H,1H3;/q;+1/p-1. The summed E-state index contributed by atoms with van der Waals surface area (Å²) < 4.78 is 4.33. The van der Waals surface area contributed by atoms with E-state index < -0.39 is 0 Å². The van der Waals surface area contributed by atoms with Crippen LogP contribution in [0.15, 0.2) is 51.5 Å². The monoisotopic (exact) mass is 430 g/mol. The molecule has 3 rings (SSSR count). The van der Waals surface area contributed by atoms with Crippen LogP contribution in [-0.2, 0) is 9.37 Å². The van der Waals surface area contributed by atoms with Crippen molar-refractivity contribution in [1.82, 2.24) is 0 Å². The van der Waals surface area contributed by atoms with Gasteiger partial charge < -0.3 is 20.6 Å². The Morgan fingerprint density at radius 2 is 1.79 bits per heavy atom. The zero-order valence-electron chi connectivity index (χ0n) is 14.7. The van der Waals surface area contributed by atoms with Crippen LogP contribution < -0.4 is 34.8 Å². The molecule has 3 N–H and O–H groups in total. The van der Waals surface area contributed by atoms with Gasteiger partial charge in [0.1, 0.15) is 22.9 Å². The quantitative estimate of drug-likeness (QED) is 0.184. The number of azo groups is 1. The molecular weight excluding hydrogens is 419 g/mol. The summed E-state index contributed by atoms with van der Waals surface area (Å²) in [6, 6.07) is 8.94. The molecule has 0 heterocycles. The summed E-state index contributed by atoms with van der Waals surface area (Å²) in [6.45, 7) is 1.77. The van der Waals surface area contributed by atoms with E-state index in [9.17, 15) is 20.6 Å². The Balaban J connectivity index is 0.00000280. The van der Waals surface area contributed by atoms with Gasteiger partial charge in [0.25, 0.3) is 0 Å². The summed E-state index contributed by atoms with van der Waals surface area (Å²) >= 11 is 6.38. The zero-order valence-corrected chi connectivity index (χ0v) is 18.3. The third-order valence-corrected chi connectivity index (χ3v) is 4.47. The predicted molar refractivity (Wildman–Crippen MR) is 97.3 cm³/mol. The third-order valence-electron chi connectivity index (χ3n) is 3.62. The summed E-state index contributed by atoms with van der Waals surface area (Å²) in [6.07, 6.45) is 0. The van der Waals surface area contributed by atoms with Crippen molar-refractivity contribution in [3.63, 3.8) is 0 Å². The molecule has 28 heavy (non-hydrogen) atoms. The van der Waals surface area contributed by atoms with E-state index in [0.29, 0.717) is 22.5 Å². The van der Waals surface area contributed by atoms with Crippen LogP contribution in [0.3, 0.4) is 0 Å². The molecular formula is C17H12ClN2NaO6S. The normalized spacial score (nSPS) is 11.1. The fourth-order valence-electron chi connectivity index (χ4n) is 2.50. The van der Waals surface area contributed by atoms with Crippen molar-refractivity contribution >= 4 is 45.8 Å². The molecule has 0 saturated heterocycles. The summed E-state index contributed by atoms with van der Waals surface area (Å²) in [7, 11) is 0. The molecule has 0 aliphatic carbocycles. The SMILES string of the molecule is Cc1cc(O)c2c(O)c(N=Nc3cc(Cl)ccc3O)c(SOO[O-])cc2c1.[Na+]. The van der Waals surface area contributed by atoms with Crippen LogP contribution in [0, 0.1) is 6.92 Å². The molecule has 0 spiro atoms. The molecule has 0 saturated carbocycles. The summed E-state index contributed by atoms with van der Waals surface area (Å²) in [5.41, 5.74) is 0.727. The summed E-state index contributed by atoms with van der Waals surface area (Å²) in [4.78, 5) is 0.200. The van der Waals surface area contributed by atoms with Crippen molar-refractivity contribution < 1.29 is 59.5 Å². The second-order valence-corrected chi connectivity index (χ2v) is 6.69. The van der Waals surface area contributed by atoms with Gasteiger partial charge in [-0.3, -0.25) is 5.04 Å². The molecule has 0 aromatic heterocycles. The Bertz CT molecular complexity index is 1050. The van der Waals surface area contributed by atoms with E-state index in [1.54, 1.807) is 13.0 Å². The first-order valence-electron chi connectivity index (χ1n) is 7.43. The minimum absolute atomic E-state index is 0. The number of fused-ring (bicyclic) bond motifs is 1. The number of rotatable bonds is 5. The van der Waals surface area contributed by atoms with Crippen LogP contribution in [0.1, 0.15) is 5.56 Å². The van der Waals surface area contributed by atoms with E-state index in [1.807, 2.05) is 0 Å². The Hall–Kier alpha value is -1.56. The molecule has 0 atom stereocenters. The van der Waals surface area contributed by atoms with E-state index >= 15 is 0 Å². The molecule has 0 amide bonds. The number of hydrogen-bond acceptors (Lipinski definition) is 9. The van der Waals surface area contributed by atoms with Crippen LogP contribution in [0.2, 0.25) is 5.02 Å². The van der Waals surface area contributed by atoms with Crippen LogP contribution in [-0.4, -0.2) is 15.3 Å². The molecule has 0 fully saturated rings. The second kappa shape index (κ2) is 9.77. The van der Waals surface area contributed by atoms with Gasteiger partial charge in [0.2, 0.25) is 0 Å². The average Bonchev–Trinajstić information content (AvgIpc) is 2.61. The van der Waals surface area contributed by atoms with Crippen molar-refractivity contribution in [2.75, 3.05) is 0 Å². The van der Waals surface area contributed by atoms with Crippen molar-refractivity contribution in [2.24, 2.45) is 10.2 Å². The molecule has 3 aromatic rings. The number of aromatic hydroxyl groups is 3. The van der Waals surface area contributed by atoms with Crippen molar-refractivity contribution in [3.8, 4) is 17.2 Å². The molecule has 0 aliphatic heterocycles. The van der Waals surface area contributed by atoms with Crippen LogP contribution in [0.4, 0.5) is 11.4 Å². The number of aryl methyl sites for hydroxylation is 1. The average molecular weight is 431 g/mol. The Morgan fingerprint density at radius 1 is 1.04 bits per heavy atom. The van der Waals surface area contributed by atoms with Crippen molar-refractivity contribution in [3.05, 3.63) is 47.0 Å². The fourth-order valence-corrected chi connectivity index (χ4v) is 3.16. The first-order valence-corrected chi connectivity index (χ1v) is 8.55. The first kappa shape index (κ1) is 22.7. The van der Waals surface area contributed by atoms with Crippen LogP contribution >= 0.6 is 23.6 Å². The molecule has 0 aliphatic rings. The molecule has 8 nitrogen and oxygen atoms in total. The summed E-state index contributed by atoms with van der Waals surface area (Å²) in [5, 5.41) is 53.0. The maximum atomic E-state index is 10.6. The van der Waals surface area contributed by atoms with Gasteiger partial charge in [0, 0.05) is 5.02 Å². The minimum atomic E-state index is -0.382. The molecule has 3 aromatic carbocycles. The van der Waals surface area contributed by atoms with Crippen molar-refractivity contribution in [2.45, 2.75) is 11.8 Å². The van der Waals surface area contributed by atoms with Gasteiger partial charge in [-0.15, -0.1) is 10.2 Å². The van der Waals surface area contributed by atoms with Crippen LogP contribution in [0.5, 0.6) is 17.2 Å². The van der Waals surface area contributed by atoms with E-state index in [1.165, 1.54) is 30.3 Å². The Labute approximate surface area is 190 Å². The zero-order chi connectivity index (χ0) is 19.6. The van der Waals surface area contributed by atoms with E-state index in [2.05, 4.69) is 19.6 Å². The van der Waals surface area contributed by atoms with Crippen molar-refractivity contribution in [1.29, 1.82) is 0 Å². The number of phenols is 3. The third kappa shape index (κ3) is 4.88. The first-order chi connectivity index (χ1) is 12.9. The maximum absolute atomic E-state index is 10.6. The van der Waals surface area contributed by atoms with E-state index in [-0.39, 0.29) is 68.5 Å². The van der Waals surface area contributed by atoms with Gasteiger partial charge >= 0.3 is 29.6 Å². The number of phenolic OH excluding ortho intramolecular Hbond substituents is 3. The van der Waals surface area contributed by atoms with Crippen LogP contribution in [0.25, 0.3) is 10.8 Å². The number of nitrogens with zero attached hydrogens (tertiary/aromatic N) is 2. The molecule has 11 heteroatoms. The van der Waals surface area contributed by atoms with Gasteiger partial charge in [-0.25, -0.2) is 0 Å². The van der Waals surface area contributed by atoms with Gasteiger partial charge in [-0.2, -0.15) is 4.33 Å². The van der Waals surface area contributed by atoms with Gasteiger partial charge in [0.15, 0.2) is 5.75 Å². The molecule has 0 bridgehead atoms. The van der Waals surface area contributed by atoms with Gasteiger partial charge in [0.05, 0.1) is 22.3 Å². The fraction of sp³-hybridized carbons (Fsp3) is 0.0588. The number of hydrogen-bond donors (Lipinski definition) is 3. The topological polar surface area (TPSA) is 127 Å².